The van der Waals surface area contributed by atoms with Crippen LogP contribution in [0.2, 0.25) is 0 Å². The van der Waals surface area contributed by atoms with Gasteiger partial charge in [-0.05, 0) is 74.3 Å². The third-order valence-corrected chi connectivity index (χ3v) is 5.01. The van der Waals surface area contributed by atoms with E-state index in [0.29, 0.717) is 0 Å². The molecule has 0 saturated heterocycles. The van der Waals surface area contributed by atoms with Gasteiger partial charge < -0.3 is 10.1 Å². The summed E-state index contributed by atoms with van der Waals surface area (Å²) in [6.07, 6.45) is 4.93. The summed E-state index contributed by atoms with van der Waals surface area (Å²) in [4.78, 5) is 12.7. The van der Waals surface area contributed by atoms with Gasteiger partial charge >= 0.3 is 0 Å². The topological polar surface area (TPSA) is 38.3 Å². The fourth-order valence-electron chi connectivity index (χ4n) is 3.53. The number of para-hydroxylation sites is 1. The molecule has 1 aliphatic carbocycles. The summed E-state index contributed by atoms with van der Waals surface area (Å²) in [5, 5.41) is 3.07. The van der Waals surface area contributed by atoms with Crippen molar-refractivity contribution in [1.82, 2.24) is 0 Å². The third kappa shape index (κ3) is 3.87. The Hall–Kier alpha value is -2.29. The first kappa shape index (κ1) is 17.5. The van der Waals surface area contributed by atoms with Crippen molar-refractivity contribution in [3.63, 3.8) is 0 Å². The Bertz CT molecular complexity index is 767. The van der Waals surface area contributed by atoms with Crippen LogP contribution in [0.15, 0.2) is 36.4 Å². The van der Waals surface area contributed by atoms with Crippen molar-refractivity contribution in [2.24, 2.45) is 0 Å². The number of carbonyl (C=O) groups excluding carboxylic acids is 1. The lowest BCUT2D eigenvalue weighted by atomic mass is 9.91. The zero-order valence-corrected chi connectivity index (χ0v) is 15.4. The molecule has 3 nitrogen and oxygen atoms in total. The normalized spacial score (nSPS) is 14.5. The second-order valence-corrected chi connectivity index (χ2v) is 6.81. The molecular formula is C22H27NO2. The molecule has 2 aromatic rings. The molecule has 0 heterocycles. The number of ether oxygens (including phenoxy) is 1. The van der Waals surface area contributed by atoms with Crippen molar-refractivity contribution in [2.75, 3.05) is 5.32 Å². The molecule has 1 N–H and O–H groups in total. The Labute approximate surface area is 150 Å². The molecule has 1 atom stereocenters. The monoisotopic (exact) mass is 337 g/mol. The number of aryl methyl sites for hydroxylation is 3. The first-order valence-corrected chi connectivity index (χ1v) is 9.27. The van der Waals surface area contributed by atoms with E-state index >= 15 is 0 Å². The summed E-state index contributed by atoms with van der Waals surface area (Å²) < 4.78 is 6.05. The summed E-state index contributed by atoms with van der Waals surface area (Å²) in [6, 6.07) is 12.3. The minimum atomic E-state index is -0.530. The zero-order chi connectivity index (χ0) is 17.8. The lowest BCUT2D eigenvalue weighted by molar-refractivity contribution is -0.122. The Balaban J connectivity index is 1.74. The lowest BCUT2D eigenvalue weighted by Gasteiger charge is -2.22. The van der Waals surface area contributed by atoms with Crippen LogP contribution in [-0.4, -0.2) is 12.0 Å². The Morgan fingerprint density at radius 1 is 1.16 bits per heavy atom. The number of nitrogens with one attached hydrogen (secondary N) is 1. The van der Waals surface area contributed by atoms with Crippen molar-refractivity contribution in [1.29, 1.82) is 0 Å². The van der Waals surface area contributed by atoms with E-state index in [9.17, 15) is 4.79 Å². The van der Waals surface area contributed by atoms with Gasteiger partial charge in [0.25, 0.3) is 5.91 Å². The molecule has 1 aliphatic rings. The molecule has 0 spiro atoms. The summed E-state index contributed by atoms with van der Waals surface area (Å²) in [6.45, 7) is 5.94. The number of benzene rings is 2. The highest BCUT2D eigenvalue weighted by atomic mass is 16.5. The van der Waals surface area contributed by atoms with E-state index in [1.807, 2.05) is 38.1 Å². The smallest absolute Gasteiger partial charge is 0.265 e. The molecule has 0 fully saturated rings. The molecule has 0 aromatic heterocycles. The van der Waals surface area contributed by atoms with Crippen molar-refractivity contribution >= 4 is 11.6 Å². The van der Waals surface area contributed by atoms with Gasteiger partial charge in [-0.15, -0.1) is 0 Å². The Morgan fingerprint density at radius 2 is 1.92 bits per heavy atom. The van der Waals surface area contributed by atoms with Crippen LogP contribution in [0, 0.1) is 6.92 Å². The van der Waals surface area contributed by atoms with Gasteiger partial charge in [0, 0.05) is 5.69 Å². The van der Waals surface area contributed by atoms with Crippen LogP contribution < -0.4 is 10.1 Å². The lowest BCUT2D eigenvalue weighted by Crippen LogP contribution is -2.31. The minimum Gasteiger partial charge on any atom is -0.481 e. The van der Waals surface area contributed by atoms with Crippen molar-refractivity contribution in [2.45, 2.75) is 59.0 Å². The molecule has 2 aromatic carbocycles. The van der Waals surface area contributed by atoms with E-state index in [0.717, 1.165) is 41.8 Å². The average Bonchev–Trinajstić information content (AvgIpc) is 2.63. The molecular weight excluding hydrogens is 310 g/mol. The molecule has 25 heavy (non-hydrogen) atoms. The largest absolute Gasteiger partial charge is 0.481 e. The molecule has 132 valence electrons. The van der Waals surface area contributed by atoms with Crippen LogP contribution >= 0.6 is 0 Å². The fraction of sp³-hybridized carbons (Fsp3) is 0.409. The van der Waals surface area contributed by atoms with E-state index in [4.69, 9.17) is 4.74 Å². The van der Waals surface area contributed by atoms with E-state index in [1.54, 1.807) is 0 Å². The third-order valence-electron chi connectivity index (χ3n) is 5.01. The maximum Gasteiger partial charge on any atom is 0.265 e. The number of hydrogen-bond donors (Lipinski definition) is 1. The zero-order valence-electron chi connectivity index (χ0n) is 15.4. The van der Waals surface area contributed by atoms with E-state index in [2.05, 4.69) is 24.4 Å². The number of amides is 1. The summed E-state index contributed by atoms with van der Waals surface area (Å²) in [5.41, 5.74) is 5.79. The maximum absolute atomic E-state index is 12.7. The number of rotatable bonds is 5. The van der Waals surface area contributed by atoms with Gasteiger partial charge in [-0.2, -0.15) is 0 Å². The van der Waals surface area contributed by atoms with Gasteiger partial charge in [0.1, 0.15) is 5.75 Å². The van der Waals surface area contributed by atoms with Gasteiger partial charge in [-0.25, -0.2) is 0 Å². The summed E-state index contributed by atoms with van der Waals surface area (Å²) in [5.74, 6) is 0.762. The van der Waals surface area contributed by atoms with Crippen molar-refractivity contribution in [3.05, 3.63) is 58.7 Å². The fourth-order valence-corrected chi connectivity index (χ4v) is 3.53. The average molecular weight is 337 g/mol. The Kier molecular flexibility index (Phi) is 5.42. The van der Waals surface area contributed by atoms with Gasteiger partial charge in [0.15, 0.2) is 6.10 Å². The van der Waals surface area contributed by atoms with Crippen molar-refractivity contribution in [3.8, 4) is 5.75 Å². The summed E-state index contributed by atoms with van der Waals surface area (Å²) in [7, 11) is 0. The SMILES string of the molecule is CCc1cccc(C)c1NC(=O)[C@@H](C)Oc1cccc2c1CCCC2. The van der Waals surface area contributed by atoms with Gasteiger partial charge in [0.05, 0.1) is 0 Å². The molecule has 0 saturated carbocycles. The van der Waals surface area contributed by atoms with Gasteiger partial charge in [0.2, 0.25) is 0 Å². The van der Waals surface area contributed by atoms with Crippen LogP contribution in [0.4, 0.5) is 5.69 Å². The molecule has 0 unspecified atom stereocenters. The number of fused-ring (bicyclic) bond motifs is 1. The minimum absolute atomic E-state index is 0.0996. The van der Waals surface area contributed by atoms with Gasteiger partial charge in [-0.3, -0.25) is 4.79 Å². The molecule has 0 bridgehead atoms. The highest BCUT2D eigenvalue weighted by Crippen LogP contribution is 2.30. The predicted octanol–water partition coefficient (Wildman–Crippen LogP) is 4.84. The van der Waals surface area contributed by atoms with Crippen LogP contribution in [-0.2, 0) is 24.1 Å². The maximum atomic E-state index is 12.7. The second kappa shape index (κ2) is 7.73. The molecule has 3 rings (SSSR count). The second-order valence-electron chi connectivity index (χ2n) is 6.81. The number of carbonyl (C=O) groups is 1. The Morgan fingerprint density at radius 3 is 2.72 bits per heavy atom. The highest BCUT2D eigenvalue weighted by Gasteiger charge is 2.20. The van der Waals surface area contributed by atoms with E-state index < -0.39 is 6.10 Å². The number of anilines is 1. The number of hydrogen-bond acceptors (Lipinski definition) is 2. The van der Waals surface area contributed by atoms with Crippen LogP contribution in [0.1, 0.15) is 48.9 Å². The molecule has 3 heteroatoms. The van der Waals surface area contributed by atoms with Crippen LogP contribution in [0.25, 0.3) is 0 Å². The molecule has 1 amide bonds. The summed E-state index contributed by atoms with van der Waals surface area (Å²) >= 11 is 0. The first-order valence-electron chi connectivity index (χ1n) is 9.27. The molecule has 0 radical (unpaired) electrons. The quantitative estimate of drug-likeness (QED) is 0.847. The van der Waals surface area contributed by atoms with Crippen molar-refractivity contribution < 1.29 is 9.53 Å². The van der Waals surface area contributed by atoms with E-state index in [-0.39, 0.29) is 5.91 Å². The highest BCUT2D eigenvalue weighted by molar-refractivity contribution is 5.95. The molecule has 0 aliphatic heterocycles. The standard InChI is InChI=1S/C22H27NO2/c1-4-17-11-7-9-15(2)21(17)23-22(24)16(3)25-20-14-8-12-18-10-5-6-13-19(18)20/h7-9,11-12,14,16H,4-6,10,13H2,1-3H3,(H,23,24)/t16-/m1/s1. The predicted molar refractivity (Wildman–Crippen MR) is 102 cm³/mol. The van der Waals surface area contributed by atoms with Crippen LogP contribution in [0.3, 0.4) is 0 Å². The van der Waals surface area contributed by atoms with E-state index in [1.165, 1.54) is 24.0 Å². The van der Waals surface area contributed by atoms with Gasteiger partial charge in [-0.1, -0.05) is 37.3 Å². The first-order chi connectivity index (χ1) is 12.1. The van der Waals surface area contributed by atoms with Crippen LogP contribution in [0.5, 0.6) is 5.75 Å².